The van der Waals surface area contributed by atoms with Crippen LogP contribution >= 0.6 is 12.4 Å². The van der Waals surface area contributed by atoms with Gasteiger partial charge in [0, 0.05) is 12.0 Å². The molecule has 0 aromatic heterocycles. The zero-order chi connectivity index (χ0) is 15.1. The number of likely N-dealkylation sites (tertiary alicyclic amines) is 1. The van der Waals surface area contributed by atoms with Gasteiger partial charge in [0.05, 0.1) is 6.42 Å². The monoisotopic (exact) mass is 329 g/mol. The van der Waals surface area contributed by atoms with Crippen LogP contribution in [0.25, 0.3) is 0 Å². The first-order chi connectivity index (χ1) is 9.93. The first kappa shape index (κ1) is 18.1. The second-order valence-corrected chi connectivity index (χ2v) is 8.24. The van der Waals surface area contributed by atoms with Gasteiger partial charge in [-0.25, -0.2) is 0 Å². The van der Waals surface area contributed by atoms with E-state index in [0.717, 1.165) is 32.0 Å². The van der Waals surface area contributed by atoms with Crippen LogP contribution in [0.2, 0.25) is 0 Å². The molecule has 2 saturated carbocycles. The Kier molecular flexibility index (Phi) is 5.49. The number of rotatable bonds is 4. The largest absolute Gasteiger partial charge is 0.462 e. The Morgan fingerprint density at radius 3 is 2.41 bits per heavy atom. The number of nitrogens with zero attached hydrogens (tertiary/aromatic N) is 1. The van der Waals surface area contributed by atoms with E-state index in [4.69, 9.17) is 4.74 Å². The first-order valence-corrected chi connectivity index (χ1v) is 8.85. The van der Waals surface area contributed by atoms with Crippen molar-refractivity contribution in [2.75, 3.05) is 19.6 Å². The normalized spacial score (nSPS) is 36.9. The minimum Gasteiger partial charge on any atom is -0.462 e. The molecule has 22 heavy (non-hydrogen) atoms. The summed E-state index contributed by atoms with van der Waals surface area (Å²) >= 11 is 0. The van der Waals surface area contributed by atoms with Gasteiger partial charge in [-0.1, -0.05) is 27.2 Å². The zero-order valence-electron chi connectivity index (χ0n) is 14.4. The Bertz CT molecular complexity index is 406. The summed E-state index contributed by atoms with van der Waals surface area (Å²) in [5, 5.41) is 0. The molecule has 4 heteroatoms. The predicted octanol–water partition coefficient (Wildman–Crippen LogP) is 4.04. The lowest BCUT2D eigenvalue weighted by atomic mass is 9.70. The average molecular weight is 330 g/mol. The van der Waals surface area contributed by atoms with E-state index in [2.05, 4.69) is 25.7 Å². The van der Waals surface area contributed by atoms with E-state index in [1.165, 1.54) is 32.1 Å². The van der Waals surface area contributed by atoms with Gasteiger partial charge in [0.1, 0.15) is 6.10 Å². The van der Waals surface area contributed by atoms with Crippen molar-refractivity contribution >= 4 is 18.4 Å². The lowest BCUT2D eigenvalue weighted by Gasteiger charge is -2.38. The van der Waals surface area contributed by atoms with Crippen molar-refractivity contribution in [3.05, 3.63) is 0 Å². The molecule has 0 aromatic rings. The molecule has 3 unspecified atom stereocenters. The molecule has 1 aliphatic heterocycles. The van der Waals surface area contributed by atoms with E-state index >= 15 is 0 Å². The molecule has 0 radical (unpaired) electrons. The molecule has 3 nitrogen and oxygen atoms in total. The summed E-state index contributed by atoms with van der Waals surface area (Å²) in [4.78, 5) is 14.6. The molecule has 2 bridgehead atoms. The highest BCUT2D eigenvalue weighted by Crippen LogP contribution is 2.66. The molecule has 1 heterocycles. The number of halogens is 1. The molecule has 0 amide bonds. The fourth-order valence-electron chi connectivity index (χ4n) is 4.96. The summed E-state index contributed by atoms with van der Waals surface area (Å²) < 4.78 is 5.91. The van der Waals surface area contributed by atoms with Crippen molar-refractivity contribution in [3.63, 3.8) is 0 Å². The lowest BCUT2D eigenvalue weighted by Crippen LogP contribution is -2.39. The van der Waals surface area contributed by atoms with Gasteiger partial charge in [0.15, 0.2) is 0 Å². The standard InChI is InChI=1S/C18H31NO2.ClH/c1-17(2)14-7-9-18(17,3)15(13-14)21-16(20)8-12-19-10-5-4-6-11-19;/h14-15H,4-13H2,1-3H3;1H. The lowest BCUT2D eigenvalue weighted by molar-refractivity contribution is -0.157. The van der Waals surface area contributed by atoms with Crippen LogP contribution in [-0.2, 0) is 9.53 Å². The number of piperidine rings is 1. The van der Waals surface area contributed by atoms with Crippen LogP contribution in [0.3, 0.4) is 0 Å². The van der Waals surface area contributed by atoms with Crippen molar-refractivity contribution in [2.24, 2.45) is 16.7 Å². The number of carbonyl (C=O) groups is 1. The number of esters is 1. The first-order valence-electron chi connectivity index (χ1n) is 8.85. The van der Waals surface area contributed by atoms with Gasteiger partial charge in [-0.3, -0.25) is 4.79 Å². The smallest absolute Gasteiger partial charge is 0.307 e. The third-order valence-corrected chi connectivity index (χ3v) is 7.07. The summed E-state index contributed by atoms with van der Waals surface area (Å²) in [5.41, 5.74) is 0.517. The highest BCUT2D eigenvalue weighted by molar-refractivity contribution is 5.85. The topological polar surface area (TPSA) is 29.5 Å². The second kappa shape index (κ2) is 6.68. The molecule has 3 aliphatic rings. The zero-order valence-corrected chi connectivity index (χ0v) is 15.2. The number of hydrogen-bond acceptors (Lipinski definition) is 3. The molecule has 2 aliphatic carbocycles. The van der Waals surface area contributed by atoms with Gasteiger partial charge in [0.25, 0.3) is 0 Å². The van der Waals surface area contributed by atoms with Crippen LogP contribution in [0, 0.1) is 16.7 Å². The van der Waals surface area contributed by atoms with Gasteiger partial charge in [0.2, 0.25) is 0 Å². The van der Waals surface area contributed by atoms with E-state index in [0.29, 0.717) is 11.8 Å². The Balaban J connectivity index is 0.00000176. The number of fused-ring (bicyclic) bond motifs is 2. The summed E-state index contributed by atoms with van der Waals surface area (Å²) in [5.74, 6) is 0.762. The summed E-state index contributed by atoms with van der Waals surface area (Å²) in [6.45, 7) is 10.3. The summed E-state index contributed by atoms with van der Waals surface area (Å²) in [6, 6.07) is 0. The van der Waals surface area contributed by atoms with Gasteiger partial charge in [-0.15, -0.1) is 12.4 Å². The SMILES string of the molecule is CC1(C)C2CCC1(C)C(OC(=O)CCN1CCCCC1)C2.Cl. The van der Waals surface area contributed by atoms with Gasteiger partial charge >= 0.3 is 5.97 Å². The fraction of sp³-hybridized carbons (Fsp3) is 0.944. The quantitative estimate of drug-likeness (QED) is 0.729. The van der Waals surface area contributed by atoms with Crippen LogP contribution in [0.5, 0.6) is 0 Å². The molecule has 0 aromatic carbocycles. The molecule has 3 atom stereocenters. The van der Waals surface area contributed by atoms with Crippen LogP contribution < -0.4 is 0 Å². The molecule has 3 fully saturated rings. The van der Waals surface area contributed by atoms with E-state index in [1.807, 2.05) is 0 Å². The molecule has 128 valence electrons. The molecule has 1 saturated heterocycles. The van der Waals surface area contributed by atoms with Crippen molar-refractivity contribution in [3.8, 4) is 0 Å². The van der Waals surface area contributed by atoms with Crippen molar-refractivity contribution in [1.29, 1.82) is 0 Å². The molecular formula is C18H32ClNO2. The Hall–Kier alpha value is -0.280. The van der Waals surface area contributed by atoms with Crippen LogP contribution in [0.1, 0.15) is 65.7 Å². The molecule has 3 rings (SSSR count). The van der Waals surface area contributed by atoms with Crippen LogP contribution in [0.15, 0.2) is 0 Å². The maximum atomic E-state index is 12.2. The van der Waals surface area contributed by atoms with Gasteiger partial charge in [-0.2, -0.15) is 0 Å². The van der Waals surface area contributed by atoms with E-state index in [-0.39, 0.29) is 29.9 Å². The Morgan fingerprint density at radius 1 is 1.18 bits per heavy atom. The maximum absolute atomic E-state index is 12.2. The highest BCUT2D eigenvalue weighted by atomic mass is 35.5. The minimum absolute atomic E-state index is 0. The maximum Gasteiger partial charge on any atom is 0.307 e. The highest BCUT2D eigenvalue weighted by Gasteiger charge is 2.62. The number of ether oxygens (including phenoxy) is 1. The van der Waals surface area contributed by atoms with E-state index in [1.54, 1.807) is 0 Å². The molecule has 0 N–H and O–H groups in total. The van der Waals surface area contributed by atoms with Crippen molar-refractivity contribution in [2.45, 2.75) is 71.8 Å². The summed E-state index contributed by atoms with van der Waals surface area (Å²) in [7, 11) is 0. The van der Waals surface area contributed by atoms with Crippen molar-refractivity contribution < 1.29 is 9.53 Å². The Morgan fingerprint density at radius 2 is 1.86 bits per heavy atom. The van der Waals surface area contributed by atoms with E-state index < -0.39 is 0 Å². The number of carbonyl (C=O) groups excluding carboxylic acids is 1. The minimum atomic E-state index is 0. The van der Waals surface area contributed by atoms with Gasteiger partial charge in [-0.05, 0) is 56.5 Å². The summed E-state index contributed by atoms with van der Waals surface area (Å²) in [6.07, 6.45) is 8.24. The third kappa shape index (κ3) is 3.03. The van der Waals surface area contributed by atoms with Crippen LogP contribution in [0.4, 0.5) is 0 Å². The number of hydrogen-bond donors (Lipinski definition) is 0. The van der Waals surface area contributed by atoms with Crippen molar-refractivity contribution in [1.82, 2.24) is 4.90 Å². The van der Waals surface area contributed by atoms with E-state index in [9.17, 15) is 4.79 Å². The molecule has 0 spiro atoms. The average Bonchev–Trinajstić information content (AvgIpc) is 2.79. The van der Waals surface area contributed by atoms with Crippen LogP contribution in [-0.4, -0.2) is 36.6 Å². The predicted molar refractivity (Wildman–Crippen MR) is 91.3 cm³/mol. The van der Waals surface area contributed by atoms with Gasteiger partial charge < -0.3 is 9.64 Å². The molecular weight excluding hydrogens is 298 g/mol. The Labute approximate surface area is 141 Å². The fourth-order valence-corrected chi connectivity index (χ4v) is 4.96. The second-order valence-electron chi connectivity index (χ2n) is 8.24. The third-order valence-electron chi connectivity index (χ3n) is 7.07.